The third-order valence-electron chi connectivity index (χ3n) is 5.35. The van der Waals surface area contributed by atoms with Gasteiger partial charge in [0.05, 0.1) is 12.4 Å². The van der Waals surface area contributed by atoms with Crippen molar-refractivity contribution in [1.82, 2.24) is 19.0 Å². The van der Waals surface area contributed by atoms with Crippen molar-refractivity contribution in [3.63, 3.8) is 0 Å². The highest BCUT2D eigenvalue weighted by Crippen LogP contribution is 2.21. The standard InChI is InChI=1S/C22H25FN4O4S2/c1-17(30-20-9-7-19(23)8-10-20)21-24-27(22(32)31-21)16-25-11-13-26(14-12-25)33(28,29)15-18-5-3-2-4-6-18/h2-10,17H,11-16H2,1H3. The van der Waals surface area contributed by atoms with Crippen LogP contribution in [0.4, 0.5) is 4.39 Å². The average Bonchev–Trinajstić information content (AvgIpc) is 3.16. The lowest BCUT2D eigenvalue weighted by molar-refractivity contribution is 0.143. The molecule has 8 nitrogen and oxygen atoms in total. The van der Waals surface area contributed by atoms with Gasteiger partial charge in [0, 0.05) is 26.2 Å². The van der Waals surface area contributed by atoms with Crippen LogP contribution in [0.3, 0.4) is 0 Å². The quantitative estimate of drug-likeness (QED) is 0.445. The Morgan fingerprint density at radius 1 is 1.09 bits per heavy atom. The Kier molecular flexibility index (Phi) is 7.23. The van der Waals surface area contributed by atoms with Crippen molar-refractivity contribution in [2.24, 2.45) is 0 Å². The summed E-state index contributed by atoms with van der Waals surface area (Å²) in [5, 5.41) is 4.41. The zero-order valence-corrected chi connectivity index (χ0v) is 19.8. The summed E-state index contributed by atoms with van der Waals surface area (Å²) in [6, 6.07) is 14.9. The first-order valence-electron chi connectivity index (χ1n) is 10.5. The van der Waals surface area contributed by atoms with Gasteiger partial charge in [-0.15, -0.1) is 5.10 Å². The fourth-order valence-electron chi connectivity index (χ4n) is 3.56. The van der Waals surface area contributed by atoms with Gasteiger partial charge in [-0.1, -0.05) is 30.3 Å². The van der Waals surface area contributed by atoms with E-state index in [0.29, 0.717) is 44.5 Å². The molecule has 1 aliphatic rings. The fraction of sp³-hybridized carbons (Fsp3) is 0.364. The second-order valence-electron chi connectivity index (χ2n) is 7.82. The normalized spacial score (nSPS) is 16.5. The Labute approximate surface area is 197 Å². The molecule has 0 aliphatic carbocycles. The van der Waals surface area contributed by atoms with E-state index in [1.165, 1.54) is 28.6 Å². The summed E-state index contributed by atoms with van der Waals surface area (Å²) in [7, 11) is -3.38. The van der Waals surface area contributed by atoms with E-state index in [4.69, 9.17) is 21.4 Å². The highest BCUT2D eigenvalue weighted by molar-refractivity contribution is 7.88. The van der Waals surface area contributed by atoms with E-state index in [2.05, 4.69) is 10.00 Å². The lowest BCUT2D eigenvalue weighted by Crippen LogP contribution is -2.49. The van der Waals surface area contributed by atoms with Gasteiger partial charge in [-0.2, -0.15) is 4.31 Å². The number of piperazine rings is 1. The average molecular weight is 493 g/mol. The molecule has 1 aliphatic heterocycles. The molecule has 0 spiro atoms. The number of rotatable bonds is 8. The van der Waals surface area contributed by atoms with Gasteiger partial charge in [0.1, 0.15) is 11.6 Å². The molecule has 0 N–H and O–H groups in total. The number of hydrogen-bond donors (Lipinski definition) is 0. The van der Waals surface area contributed by atoms with Gasteiger partial charge in [0.25, 0.3) is 10.7 Å². The van der Waals surface area contributed by atoms with Crippen molar-refractivity contribution >= 4 is 22.2 Å². The summed E-state index contributed by atoms with van der Waals surface area (Å²) in [4.78, 5) is 2.28. The first-order valence-corrected chi connectivity index (χ1v) is 12.6. The van der Waals surface area contributed by atoms with Crippen LogP contribution in [0.15, 0.2) is 59.0 Å². The van der Waals surface area contributed by atoms with Crippen molar-refractivity contribution < 1.29 is 22.0 Å². The zero-order valence-electron chi connectivity index (χ0n) is 18.1. The molecule has 0 radical (unpaired) electrons. The summed E-state index contributed by atoms with van der Waals surface area (Å²) in [6.07, 6.45) is -0.515. The Bertz CT molecular complexity index is 1220. The van der Waals surface area contributed by atoms with Gasteiger partial charge in [-0.3, -0.25) is 4.90 Å². The maximum atomic E-state index is 13.1. The first kappa shape index (κ1) is 23.6. The predicted octanol–water partition coefficient (Wildman–Crippen LogP) is 3.59. The SMILES string of the molecule is CC(Oc1ccc(F)cc1)c1nn(CN2CCN(S(=O)(=O)Cc3ccccc3)CC2)c(=S)o1. The molecular formula is C22H25FN4O4S2. The number of halogens is 1. The second-order valence-corrected chi connectivity index (χ2v) is 10.1. The number of aromatic nitrogens is 2. The van der Waals surface area contributed by atoms with Crippen molar-refractivity contribution in [3.8, 4) is 5.75 Å². The third-order valence-corrected chi connectivity index (χ3v) is 7.49. The van der Waals surface area contributed by atoms with Gasteiger partial charge in [-0.05, 0) is 49.0 Å². The maximum absolute atomic E-state index is 13.1. The molecule has 1 saturated heterocycles. The van der Waals surface area contributed by atoms with E-state index in [1.54, 1.807) is 11.6 Å². The van der Waals surface area contributed by atoms with Crippen molar-refractivity contribution in [2.45, 2.75) is 25.4 Å². The van der Waals surface area contributed by atoms with Crippen LogP contribution < -0.4 is 4.74 Å². The topological polar surface area (TPSA) is 80.8 Å². The summed E-state index contributed by atoms with van der Waals surface area (Å²) < 4.78 is 53.0. The van der Waals surface area contributed by atoms with Crippen LogP contribution in [0.1, 0.15) is 24.5 Å². The molecule has 2 heterocycles. The van der Waals surface area contributed by atoms with Crippen LogP contribution in [0.2, 0.25) is 0 Å². The van der Waals surface area contributed by atoms with Crippen LogP contribution in [-0.4, -0.2) is 53.6 Å². The van der Waals surface area contributed by atoms with Crippen LogP contribution in [0, 0.1) is 10.7 Å². The minimum Gasteiger partial charge on any atom is -0.481 e. The zero-order chi connectivity index (χ0) is 23.4. The minimum absolute atomic E-state index is 0.00249. The smallest absolute Gasteiger partial charge is 0.288 e. The number of nitrogens with zero attached hydrogens (tertiary/aromatic N) is 4. The van der Waals surface area contributed by atoms with Crippen molar-refractivity contribution in [1.29, 1.82) is 0 Å². The van der Waals surface area contributed by atoms with E-state index < -0.39 is 16.1 Å². The maximum Gasteiger partial charge on any atom is 0.288 e. The molecule has 0 saturated carbocycles. The molecule has 0 amide bonds. The Morgan fingerprint density at radius 3 is 2.42 bits per heavy atom. The van der Waals surface area contributed by atoms with Crippen molar-refractivity contribution in [2.75, 3.05) is 26.2 Å². The van der Waals surface area contributed by atoms with Crippen molar-refractivity contribution in [3.05, 3.63) is 76.7 Å². The van der Waals surface area contributed by atoms with Crippen LogP contribution >= 0.6 is 12.2 Å². The first-order chi connectivity index (χ1) is 15.8. The molecule has 0 bridgehead atoms. The molecule has 4 rings (SSSR count). The van der Waals surface area contributed by atoms with Crippen LogP contribution in [0.5, 0.6) is 5.75 Å². The largest absolute Gasteiger partial charge is 0.481 e. The number of benzene rings is 2. The van der Waals surface area contributed by atoms with E-state index in [-0.39, 0.29) is 16.4 Å². The van der Waals surface area contributed by atoms with E-state index in [9.17, 15) is 12.8 Å². The number of ether oxygens (including phenoxy) is 1. The third kappa shape index (κ3) is 6.05. The molecule has 11 heteroatoms. The van der Waals surface area contributed by atoms with E-state index in [0.717, 1.165) is 5.56 Å². The Balaban J connectivity index is 1.33. The second kappa shape index (κ2) is 10.1. The van der Waals surface area contributed by atoms with E-state index >= 15 is 0 Å². The molecule has 1 aromatic heterocycles. The van der Waals surface area contributed by atoms with Crippen LogP contribution in [-0.2, 0) is 22.4 Å². The lowest BCUT2D eigenvalue weighted by Gasteiger charge is -2.33. The van der Waals surface area contributed by atoms with Gasteiger partial charge in [0.15, 0.2) is 6.10 Å². The monoisotopic (exact) mass is 492 g/mol. The molecule has 1 fully saturated rings. The number of hydrogen-bond acceptors (Lipinski definition) is 7. The molecule has 2 aromatic carbocycles. The van der Waals surface area contributed by atoms with Crippen LogP contribution in [0.25, 0.3) is 0 Å². The molecule has 3 aromatic rings. The predicted molar refractivity (Wildman–Crippen MR) is 123 cm³/mol. The molecule has 1 atom stereocenters. The molecule has 33 heavy (non-hydrogen) atoms. The minimum atomic E-state index is -3.38. The summed E-state index contributed by atoms with van der Waals surface area (Å²) in [6.45, 7) is 4.07. The summed E-state index contributed by atoms with van der Waals surface area (Å²) >= 11 is 5.29. The molecule has 176 valence electrons. The summed E-state index contributed by atoms with van der Waals surface area (Å²) in [5.74, 6) is 0.461. The lowest BCUT2D eigenvalue weighted by atomic mass is 10.2. The fourth-order valence-corrected chi connectivity index (χ4v) is 5.26. The van der Waals surface area contributed by atoms with Gasteiger partial charge < -0.3 is 9.15 Å². The van der Waals surface area contributed by atoms with E-state index in [1.807, 2.05) is 30.3 Å². The molecule has 1 unspecified atom stereocenters. The highest BCUT2D eigenvalue weighted by atomic mass is 32.2. The Morgan fingerprint density at radius 2 is 1.76 bits per heavy atom. The highest BCUT2D eigenvalue weighted by Gasteiger charge is 2.27. The van der Waals surface area contributed by atoms with Gasteiger partial charge >= 0.3 is 0 Å². The Hall–Kier alpha value is -2.60. The number of sulfonamides is 1. The molecular weight excluding hydrogens is 467 g/mol. The summed E-state index contributed by atoms with van der Waals surface area (Å²) in [5.41, 5.74) is 0.776. The van der Waals surface area contributed by atoms with Gasteiger partial charge in [-0.25, -0.2) is 17.5 Å². The van der Waals surface area contributed by atoms with Gasteiger partial charge in [0.2, 0.25) is 10.0 Å².